The SMILES string of the molecule is COc1ccc(CNc2cc(Nc3ccccc3C(C)(C)C)ncn2)cc1. The molecule has 140 valence electrons. The van der Waals surface area contributed by atoms with Gasteiger partial charge in [0.25, 0.3) is 0 Å². The first-order valence-electron chi connectivity index (χ1n) is 9.01. The molecule has 0 aliphatic rings. The smallest absolute Gasteiger partial charge is 0.135 e. The first-order valence-corrected chi connectivity index (χ1v) is 9.01. The monoisotopic (exact) mass is 362 g/mol. The fourth-order valence-corrected chi connectivity index (χ4v) is 2.84. The van der Waals surface area contributed by atoms with Crippen LogP contribution < -0.4 is 15.4 Å². The maximum atomic E-state index is 5.19. The van der Waals surface area contributed by atoms with Gasteiger partial charge in [-0.2, -0.15) is 0 Å². The summed E-state index contributed by atoms with van der Waals surface area (Å²) in [5.74, 6) is 2.39. The molecule has 0 amide bonds. The normalized spacial score (nSPS) is 11.1. The van der Waals surface area contributed by atoms with Gasteiger partial charge in [0.15, 0.2) is 0 Å². The minimum Gasteiger partial charge on any atom is -0.497 e. The van der Waals surface area contributed by atoms with E-state index in [2.05, 4.69) is 59.6 Å². The standard InChI is InChI=1S/C22H26N4O/c1-22(2,3)18-7-5-6-8-19(18)26-21-13-20(24-15-25-21)23-14-16-9-11-17(27-4)12-10-16/h5-13,15H,14H2,1-4H3,(H2,23,24,25,26). The zero-order chi connectivity index (χ0) is 19.3. The highest BCUT2D eigenvalue weighted by Crippen LogP contribution is 2.31. The van der Waals surface area contributed by atoms with E-state index in [0.717, 1.165) is 28.6 Å². The quantitative estimate of drug-likeness (QED) is 0.636. The molecule has 1 heterocycles. The molecular weight excluding hydrogens is 336 g/mol. The first-order chi connectivity index (χ1) is 13.0. The Morgan fingerprint density at radius 3 is 2.33 bits per heavy atom. The van der Waals surface area contributed by atoms with E-state index in [1.807, 2.05) is 36.4 Å². The van der Waals surface area contributed by atoms with Crippen LogP contribution in [0.3, 0.4) is 0 Å². The molecule has 1 aromatic heterocycles. The van der Waals surface area contributed by atoms with E-state index < -0.39 is 0 Å². The van der Waals surface area contributed by atoms with Crippen molar-refractivity contribution in [1.82, 2.24) is 9.97 Å². The van der Waals surface area contributed by atoms with Crippen molar-refractivity contribution in [2.24, 2.45) is 0 Å². The Kier molecular flexibility index (Phi) is 5.60. The van der Waals surface area contributed by atoms with Gasteiger partial charge in [0, 0.05) is 18.3 Å². The van der Waals surface area contributed by atoms with Crippen LogP contribution in [0.2, 0.25) is 0 Å². The lowest BCUT2D eigenvalue weighted by Crippen LogP contribution is -2.13. The predicted octanol–water partition coefficient (Wildman–Crippen LogP) is 5.14. The molecule has 27 heavy (non-hydrogen) atoms. The van der Waals surface area contributed by atoms with E-state index in [1.165, 1.54) is 5.56 Å². The van der Waals surface area contributed by atoms with Crippen molar-refractivity contribution >= 4 is 17.3 Å². The zero-order valence-electron chi connectivity index (χ0n) is 16.3. The number of benzene rings is 2. The molecule has 0 atom stereocenters. The molecule has 0 bridgehead atoms. The van der Waals surface area contributed by atoms with Gasteiger partial charge in [-0.3, -0.25) is 0 Å². The fraction of sp³-hybridized carbons (Fsp3) is 0.273. The topological polar surface area (TPSA) is 59.1 Å². The predicted molar refractivity (Wildman–Crippen MR) is 111 cm³/mol. The van der Waals surface area contributed by atoms with Crippen molar-refractivity contribution in [2.45, 2.75) is 32.7 Å². The number of hydrogen-bond acceptors (Lipinski definition) is 5. The van der Waals surface area contributed by atoms with E-state index in [-0.39, 0.29) is 5.41 Å². The summed E-state index contributed by atoms with van der Waals surface area (Å²) in [5.41, 5.74) is 3.51. The molecule has 5 nitrogen and oxygen atoms in total. The van der Waals surface area contributed by atoms with Crippen molar-refractivity contribution < 1.29 is 4.74 Å². The average molecular weight is 362 g/mol. The van der Waals surface area contributed by atoms with Crippen LogP contribution in [0.4, 0.5) is 17.3 Å². The first kappa shape index (κ1) is 18.7. The van der Waals surface area contributed by atoms with Crippen molar-refractivity contribution in [2.75, 3.05) is 17.7 Å². The van der Waals surface area contributed by atoms with E-state index in [0.29, 0.717) is 6.54 Å². The lowest BCUT2D eigenvalue weighted by molar-refractivity contribution is 0.414. The molecule has 0 radical (unpaired) electrons. The number of para-hydroxylation sites is 1. The maximum absolute atomic E-state index is 5.19. The molecule has 0 saturated heterocycles. The summed E-state index contributed by atoms with van der Waals surface area (Å²) < 4.78 is 5.19. The number of anilines is 3. The molecule has 3 rings (SSSR count). The van der Waals surface area contributed by atoms with Gasteiger partial charge in [0.2, 0.25) is 0 Å². The number of aromatic nitrogens is 2. The molecule has 3 aromatic rings. The Labute approximate surface area is 160 Å². The van der Waals surface area contributed by atoms with Crippen molar-refractivity contribution in [3.63, 3.8) is 0 Å². The van der Waals surface area contributed by atoms with E-state index in [9.17, 15) is 0 Å². The minimum atomic E-state index is 0.0477. The van der Waals surface area contributed by atoms with Crippen molar-refractivity contribution in [3.05, 3.63) is 72.1 Å². The lowest BCUT2D eigenvalue weighted by Gasteiger charge is -2.23. The molecule has 0 unspecified atom stereocenters. The van der Waals surface area contributed by atoms with Crippen LogP contribution in [0.15, 0.2) is 60.9 Å². The summed E-state index contributed by atoms with van der Waals surface area (Å²) in [6.45, 7) is 7.29. The largest absolute Gasteiger partial charge is 0.497 e. The molecule has 0 spiro atoms. The minimum absolute atomic E-state index is 0.0477. The molecule has 0 saturated carbocycles. The molecule has 2 aromatic carbocycles. The van der Waals surface area contributed by atoms with Crippen molar-refractivity contribution in [1.29, 1.82) is 0 Å². The molecule has 5 heteroatoms. The van der Waals surface area contributed by atoms with Gasteiger partial charge >= 0.3 is 0 Å². The van der Waals surface area contributed by atoms with Crippen LogP contribution >= 0.6 is 0 Å². The van der Waals surface area contributed by atoms with E-state index in [4.69, 9.17) is 4.74 Å². The molecule has 0 aliphatic heterocycles. The third kappa shape index (κ3) is 4.97. The summed E-state index contributed by atoms with van der Waals surface area (Å²) in [7, 11) is 1.67. The maximum Gasteiger partial charge on any atom is 0.135 e. The van der Waals surface area contributed by atoms with Crippen LogP contribution in [0, 0.1) is 0 Å². The van der Waals surface area contributed by atoms with Gasteiger partial charge in [-0.25, -0.2) is 9.97 Å². The van der Waals surface area contributed by atoms with Gasteiger partial charge < -0.3 is 15.4 Å². The van der Waals surface area contributed by atoms with Crippen LogP contribution in [0.1, 0.15) is 31.9 Å². The second-order valence-corrected chi connectivity index (χ2v) is 7.41. The summed E-state index contributed by atoms with van der Waals surface area (Å²) >= 11 is 0. The van der Waals surface area contributed by atoms with Crippen LogP contribution in [0.25, 0.3) is 0 Å². The molecule has 0 fully saturated rings. The number of hydrogen-bond donors (Lipinski definition) is 2. The van der Waals surface area contributed by atoms with E-state index in [1.54, 1.807) is 13.4 Å². The number of methoxy groups -OCH3 is 1. The highest BCUT2D eigenvalue weighted by atomic mass is 16.5. The summed E-state index contributed by atoms with van der Waals surface area (Å²) in [4.78, 5) is 8.67. The Hall–Kier alpha value is -3.08. The number of rotatable bonds is 6. The third-order valence-electron chi connectivity index (χ3n) is 4.30. The second-order valence-electron chi connectivity index (χ2n) is 7.41. The highest BCUT2D eigenvalue weighted by molar-refractivity contribution is 5.63. The van der Waals surface area contributed by atoms with Crippen molar-refractivity contribution in [3.8, 4) is 5.75 Å². The molecular formula is C22H26N4O. The lowest BCUT2D eigenvalue weighted by atomic mass is 9.86. The Balaban J connectivity index is 1.71. The van der Waals surface area contributed by atoms with Gasteiger partial charge in [0.1, 0.15) is 23.7 Å². The molecule has 2 N–H and O–H groups in total. The zero-order valence-corrected chi connectivity index (χ0v) is 16.3. The van der Waals surface area contributed by atoms with Gasteiger partial charge in [-0.1, -0.05) is 51.1 Å². The number of nitrogens with zero attached hydrogens (tertiary/aromatic N) is 2. The second kappa shape index (κ2) is 8.08. The third-order valence-corrected chi connectivity index (χ3v) is 4.30. The van der Waals surface area contributed by atoms with E-state index >= 15 is 0 Å². The Morgan fingerprint density at radius 2 is 1.63 bits per heavy atom. The summed E-state index contributed by atoms with van der Waals surface area (Å²) in [6.07, 6.45) is 1.57. The van der Waals surface area contributed by atoms with Gasteiger partial charge in [-0.15, -0.1) is 0 Å². The summed E-state index contributed by atoms with van der Waals surface area (Å²) in [6, 6.07) is 18.2. The van der Waals surface area contributed by atoms with Crippen LogP contribution in [-0.2, 0) is 12.0 Å². The molecule has 0 aliphatic carbocycles. The number of nitrogens with one attached hydrogen (secondary N) is 2. The van der Waals surface area contributed by atoms with Crippen LogP contribution in [0.5, 0.6) is 5.75 Å². The highest BCUT2D eigenvalue weighted by Gasteiger charge is 2.17. The number of ether oxygens (including phenoxy) is 1. The van der Waals surface area contributed by atoms with Gasteiger partial charge in [0.05, 0.1) is 7.11 Å². The fourth-order valence-electron chi connectivity index (χ4n) is 2.84. The van der Waals surface area contributed by atoms with Gasteiger partial charge in [-0.05, 0) is 34.7 Å². The van der Waals surface area contributed by atoms with Crippen LogP contribution in [-0.4, -0.2) is 17.1 Å². The Morgan fingerprint density at radius 1 is 0.926 bits per heavy atom. The Bertz CT molecular complexity index is 885. The average Bonchev–Trinajstić information content (AvgIpc) is 2.67. The summed E-state index contributed by atoms with van der Waals surface area (Å²) in [5, 5.41) is 6.76.